The number of phenols is 1. The summed E-state index contributed by atoms with van der Waals surface area (Å²) in [5.74, 6) is -0.398. The number of halogens is 2. The van der Waals surface area contributed by atoms with Crippen LogP contribution in [0, 0.1) is 0 Å². The summed E-state index contributed by atoms with van der Waals surface area (Å²) in [4.78, 5) is 0. The number of hydrogen-bond donors (Lipinski definition) is 2. The van der Waals surface area contributed by atoms with E-state index in [1.807, 2.05) is 0 Å². The monoisotopic (exact) mass is 215 g/mol. The summed E-state index contributed by atoms with van der Waals surface area (Å²) in [6.07, 6.45) is -2.75. The molecule has 0 bridgehead atoms. The summed E-state index contributed by atoms with van der Waals surface area (Å²) in [6, 6.07) is 3.18. The molecule has 74 valence electrons. The molecule has 0 aliphatic carbocycles. The lowest BCUT2D eigenvalue weighted by atomic mass is 10.1. The van der Waals surface area contributed by atoms with Crippen LogP contribution in [0.5, 0.6) is 5.75 Å². The van der Waals surface area contributed by atoms with Crippen LogP contribution in [0.3, 0.4) is 0 Å². The van der Waals surface area contributed by atoms with E-state index >= 15 is 0 Å². The fraction of sp³-hybridized carbons (Fsp3) is 0.111. The average molecular weight is 215 g/mol. The third kappa shape index (κ3) is 1.21. The zero-order valence-electron chi connectivity index (χ0n) is 7.00. The summed E-state index contributed by atoms with van der Waals surface area (Å²) in [5, 5.41) is 12.0. The number of nitrogens with two attached hydrogens (primary N) is 1. The van der Waals surface area contributed by atoms with Crippen molar-refractivity contribution >= 4 is 27.1 Å². The molecule has 0 aliphatic rings. The van der Waals surface area contributed by atoms with Crippen LogP contribution in [0.2, 0.25) is 0 Å². The van der Waals surface area contributed by atoms with E-state index in [-0.39, 0.29) is 5.69 Å². The predicted molar refractivity (Wildman–Crippen MR) is 52.9 cm³/mol. The average Bonchev–Trinajstić information content (AvgIpc) is 2.50. The van der Waals surface area contributed by atoms with Gasteiger partial charge in [0.15, 0.2) is 0 Å². The van der Waals surface area contributed by atoms with Gasteiger partial charge in [0.1, 0.15) is 5.75 Å². The summed E-state index contributed by atoms with van der Waals surface area (Å²) in [7, 11) is 0. The minimum atomic E-state index is -2.75. The molecule has 3 N–H and O–H groups in total. The minimum Gasteiger partial charge on any atom is -0.506 e. The van der Waals surface area contributed by atoms with Crippen LogP contribution in [0.4, 0.5) is 14.5 Å². The van der Waals surface area contributed by atoms with Gasteiger partial charge in [-0.15, -0.1) is 11.3 Å². The quantitative estimate of drug-likeness (QED) is 0.718. The molecule has 0 unspecified atom stereocenters. The van der Waals surface area contributed by atoms with Gasteiger partial charge in [-0.1, -0.05) is 0 Å². The van der Waals surface area contributed by atoms with Gasteiger partial charge in [-0.2, -0.15) is 0 Å². The molecule has 0 spiro atoms. The molecule has 5 heteroatoms. The minimum absolute atomic E-state index is 0.0663. The molecule has 2 aromatic rings. The molecule has 2 rings (SSSR count). The van der Waals surface area contributed by atoms with Gasteiger partial charge in [-0.3, -0.25) is 0 Å². The van der Waals surface area contributed by atoms with Crippen LogP contribution >= 0.6 is 11.3 Å². The number of nitrogen functional groups attached to an aromatic ring is 1. The number of rotatable bonds is 1. The predicted octanol–water partition coefficient (Wildman–Crippen LogP) is 3.13. The number of thiophene rings is 1. The molecule has 0 aliphatic heterocycles. The molecule has 0 radical (unpaired) electrons. The first-order chi connectivity index (χ1) is 6.61. The highest BCUT2D eigenvalue weighted by atomic mass is 32.1. The first-order valence-electron chi connectivity index (χ1n) is 3.88. The third-order valence-electron chi connectivity index (χ3n) is 2.01. The molecular weight excluding hydrogens is 208 g/mol. The highest BCUT2D eigenvalue weighted by Crippen LogP contribution is 2.41. The largest absolute Gasteiger partial charge is 0.506 e. The maximum atomic E-state index is 12.5. The molecule has 0 saturated heterocycles. The van der Waals surface area contributed by atoms with Crippen LogP contribution < -0.4 is 5.73 Å². The Bertz CT molecular complexity index is 481. The van der Waals surface area contributed by atoms with E-state index in [1.165, 1.54) is 17.4 Å². The van der Waals surface area contributed by atoms with E-state index < -0.39 is 17.7 Å². The second kappa shape index (κ2) is 3.09. The van der Waals surface area contributed by atoms with Crippen LogP contribution in [0.25, 0.3) is 10.1 Å². The molecule has 1 heterocycles. The molecule has 0 saturated carbocycles. The van der Waals surface area contributed by atoms with Gasteiger partial charge in [-0.05, 0) is 22.9 Å². The smallest absolute Gasteiger partial charge is 0.269 e. The summed E-state index contributed by atoms with van der Waals surface area (Å²) < 4.78 is 25.4. The van der Waals surface area contributed by atoms with Crippen molar-refractivity contribution < 1.29 is 13.9 Å². The van der Waals surface area contributed by atoms with E-state index in [1.54, 1.807) is 11.4 Å². The van der Waals surface area contributed by atoms with Crippen molar-refractivity contribution in [3.63, 3.8) is 0 Å². The normalized spacial score (nSPS) is 11.4. The van der Waals surface area contributed by atoms with Crippen molar-refractivity contribution in [1.82, 2.24) is 0 Å². The Labute approximate surface area is 82.6 Å². The van der Waals surface area contributed by atoms with Gasteiger partial charge in [0.25, 0.3) is 6.43 Å². The van der Waals surface area contributed by atoms with Gasteiger partial charge < -0.3 is 10.8 Å². The Kier molecular flexibility index (Phi) is 2.03. The van der Waals surface area contributed by atoms with E-state index in [9.17, 15) is 13.9 Å². The molecule has 0 fully saturated rings. The van der Waals surface area contributed by atoms with Gasteiger partial charge in [0, 0.05) is 5.69 Å². The fourth-order valence-corrected chi connectivity index (χ4v) is 2.19. The van der Waals surface area contributed by atoms with E-state index in [0.717, 1.165) is 0 Å². The van der Waals surface area contributed by atoms with Crippen molar-refractivity contribution in [2.75, 3.05) is 5.73 Å². The Hall–Kier alpha value is -1.36. The molecule has 0 amide bonds. The lowest BCUT2D eigenvalue weighted by Gasteiger charge is -2.07. The van der Waals surface area contributed by atoms with E-state index in [4.69, 9.17) is 5.73 Å². The molecule has 1 aromatic carbocycles. The van der Waals surface area contributed by atoms with Gasteiger partial charge in [-0.25, -0.2) is 8.78 Å². The summed E-state index contributed by atoms with van der Waals surface area (Å²) >= 11 is 1.22. The maximum Gasteiger partial charge on any atom is 0.269 e. The number of hydrogen-bond acceptors (Lipinski definition) is 3. The van der Waals surface area contributed by atoms with Crippen LogP contribution in [-0.4, -0.2) is 5.11 Å². The summed E-state index contributed by atoms with van der Waals surface area (Å²) in [6.45, 7) is 0. The number of aromatic hydroxyl groups is 1. The number of benzene rings is 1. The molecule has 14 heavy (non-hydrogen) atoms. The number of fused-ring (bicyclic) bond motifs is 1. The standard InChI is InChI=1S/C9H7F2NOS/c10-9(11)6-5(12)3-4-1-2-14-8(4)7(6)13/h1-3,9,13H,12H2. The first kappa shape index (κ1) is 9.21. The zero-order chi connectivity index (χ0) is 10.3. The van der Waals surface area contributed by atoms with E-state index in [2.05, 4.69) is 0 Å². The fourth-order valence-electron chi connectivity index (χ4n) is 1.36. The van der Waals surface area contributed by atoms with Crippen LogP contribution in [0.1, 0.15) is 12.0 Å². The topological polar surface area (TPSA) is 46.2 Å². The molecule has 0 atom stereocenters. The van der Waals surface area contributed by atoms with Crippen molar-refractivity contribution in [3.05, 3.63) is 23.1 Å². The van der Waals surface area contributed by atoms with Crippen molar-refractivity contribution in [3.8, 4) is 5.75 Å². The number of phenolic OH excluding ortho intramolecular Hbond substituents is 1. The second-order valence-corrected chi connectivity index (χ2v) is 3.78. The van der Waals surface area contributed by atoms with E-state index in [0.29, 0.717) is 10.1 Å². The van der Waals surface area contributed by atoms with Crippen molar-refractivity contribution in [1.29, 1.82) is 0 Å². The Morgan fingerprint density at radius 3 is 2.79 bits per heavy atom. The maximum absolute atomic E-state index is 12.5. The summed E-state index contributed by atoms with van der Waals surface area (Å²) in [5.41, 5.74) is 4.87. The number of alkyl halides is 2. The molecule has 1 aromatic heterocycles. The SMILES string of the molecule is Nc1cc2ccsc2c(O)c1C(F)F. The Morgan fingerprint density at radius 2 is 2.14 bits per heavy atom. The third-order valence-corrected chi connectivity index (χ3v) is 2.94. The highest BCUT2D eigenvalue weighted by molar-refractivity contribution is 7.17. The first-order valence-corrected chi connectivity index (χ1v) is 4.76. The van der Waals surface area contributed by atoms with Crippen LogP contribution in [-0.2, 0) is 0 Å². The number of anilines is 1. The van der Waals surface area contributed by atoms with Gasteiger partial charge in [0.2, 0.25) is 0 Å². The highest BCUT2D eigenvalue weighted by Gasteiger charge is 2.19. The van der Waals surface area contributed by atoms with Gasteiger partial charge in [0.05, 0.1) is 10.3 Å². The van der Waals surface area contributed by atoms with Crippen LogP contribution in [0.15, 0.2) is 17.5 Å². The molecule has 2 nitrogen and oxygen atoms in total. The zero-order valence-corrected chi connectivity index (χ0v) is 7.81. The Balaban J connectivity index is 2.82. The lowest BCUT2D eigenvalue weighted by molar-refractivity contribution is 0.149. The van der Waals surface area contributed by atoms with Gasteiger partial charge >= 0.3 is 0 Å². The molecular formula is C9H7F2NOS. The Morgan fingerprint density at radius 1 is 1.43 bits per heavy atom. The van der Waals surface area contributed by atoms with Crippen molar-refractivity contribution in [2.45, 2.75) is 6.43 Å². The second-order valence-electron chi connectivity index (χ2n) is 2.87. The van der Waals surface area contributed by atoms with Crippen molar-refractivity contribution in [2.24, 2.45) is 0 Å². The lowest BCUT2D eigenvalue weighted by Crippen LogP contribution is -1.95.